The summed E-state index contributed by atoms with van der Waals surface area (Å²) >= 11 is 0. The lowest BCUT2D eigenvalue weighted by molar-refractivity contribution is -0.115. The molecule has 0 aromatic heterocycles. The van der Waals surface area contributed by atoms with Crippen LogP contribution in [0.25, 0.3) is 0 Å². The predicted molar refractivity (Wildman–Crippen MR) is 74.9 cm³/mol. The molecule has 1 aliphatic carbocycles. The lowest BCUT2D eigenvalue weighted by Crippen LogP contribution is -2.25. The first-order valence-electron chi connectivity index (χ1n) is 7.25. The van der Waals surface area contributed by atoms with Gasteiger partial charge in [-0.25, -0.2) is 0 Å². The van der Waals surface area contributed by atoms with E-state index in [1.807, 2.05) is 18.2 Å². The van der Waals surface area contributed by atoms with Crippen LogP contribution in [0.4, 0.5) is 5.69 Å². The average molecular weight is 259 g/mol. The van der Waals surface area contributed by atoms with Crippen LogP contribution in [-0.2, 0) is 11.2 Å². The van der Waals surface area contributed by atoms with Crippen molar-refractivity contribution in [3.05, 3.63) is 29.3 Å². The summed E-state index contributed by atoms with van der Waals surface area (Å²) in [5.74, 6) is 0.0488. The molecule has 0 bridgehead atoms. The molecule has 1 aliphatic heterocycles. The highest BCUT2D eigenvalue weighted by Crippen LogP contribution is 2.50. The van der Waals surface area contributed by atoms with E-state index in [-0.39, 0.29) is 11.3 Å². The Morgan fingerprint density at radius 3 is 2.79 bits per heavy atom. The van der Waals surface area contributed by atoms with Gasteiger partial charge in [-0.05, 0) is 36.5 Å². The van der Waals surface area contributed by atoms with E-state index in [4.69, 9.17) is 0 Å². The molecule has 1 unspecified atom stereocenters. The zero-order valence-electron chi connectivity index (χ0n) is 11.4. The Bertz CT molecular complexity index is 503. The lowest BCUT2D eigenvalue weighted by Gasteiger charge is -2.33. The smallest absolute Gasteiger partial charge is 0.228 e. The van der Waals surface area contributed by atoms with E-state index < -0.39 is 6.10 Å². The van der Waals surface area contributed by atoms with Crippen molar-refractivity contribution in [1.29, 1.82) is 0 Å². The van der Waals surface area contributed by atoms with Crippen LogP contribution in [0.3, 0.4) is 0 Å². The third kappa shape index (κ3) is 2.06. The molecule has 3 heteroatoms. The van der Waals surface area contributed by atoms with E-state index in [1.54, 1.807) is 0 Å². The minimum atomic E-state index is -0.402. The molecular weight excluding hydrogens is 238 g/mol. The summed E-state index contributed by atoms with van der Waals surface area (Å²) in [5, 5.41) is 13.6. The first kappa shape index (κ1) is 12.7. The fourth-order valence-corrected chi connectivity index (χ4v) is 3.67. The molecule has 1 aromatic carbocycles. The van der Waals surface area contributed by atoms with Gasteiger partial charge < -0.3 is 10.4 Å². The maximum Gasteiger partial charge on any atom is 0.228 e. The van der Waals surface area contributed by atoms with Crippen LogP contribution in [0.5, 0.6) is 0 Å². The molecule has 1 saturated carbocycles. The van der Waals surface area contributed by atoms with Crippen LogP contribution >= 0.6 is 0 Å². The minimum Gasteiger partial charge on any atom is -0.388 e. The standard InChI is InChI=1S/C16H21NO2/c1-2-16(7-3-4-8-16)15(19)11-5-6-13-12(9-11)10-14(18)17-13/h5-6,9,15,19H,2-4,7-8,10H2,1H3,(H,17,18). The summed E-state index contributed by atoms with van der Waals surface area (Å²) in [6.07, 6.45) is 5.71. The SMILES string of the molecule is CCC1(C(O)c2ccc3c(c2)CC(=O)N3)CCCC1. The summed E-state index contributed by atoms with van der Waals surface area (Å²) in [4.78, 5) is 11.4. The number of carbonyl (C=O) groups is 1. The molecule has 3 nitrogen and oxygen atoms in total. The summed E-state index contributed by atoms with van der Waals surface area (Å²) in [6, 6.07) is 5.90. The number of fused-ring (bicyclic) bond motifs is 1. The molecule has 1 atom stereocenters. The summed E-state index contributed by atoms with van der Waals surface area (Å²) in [7, 11) is 0. The zero-order chi connectivity index (χ0) is 13.5. The lowest BCUT2D eigenvalue weighted by atomic mass is 9.75. The highest BCUT2D eigenvalue weighted by atomic mass is 16.3. The van der Waals surface area contributed by atoms with Gasteiger partial charge in [-0.2, -0.15) is 0 Å². The molecule has 1 amide bonds. The van der Waals surface area contributed by atoms with Crippen molar-refractivity contribution < 1.29 is 9.90 Å². The largest absolute Gasteiger partial charge is 0.388 e. The Morgan fingerprint density at radius 1 is 1.37 bits per heavy atom. The van der Waals surface area contributed by atoms with Crippen molar-refractivity contribution in [3.8, 4) is 0 Å². The quantitative estimate of drug-likeness (QED) is 0.876. The van der Waals surface area contributed by atoms with E-state index in [9.17, 15) is 9.90 Å². The van der Waals surface area contributed by atoms with Crippen molar-refractivity contribution in [3.63, 3.8) is 0 Å². The third-order valence-electron chi connectivity index (χ3n) is 4.95. The van der Waals surface area contributed by atoms with Crippen molar-refractivity contribution >= 4 is 11.6 Å². The van der Waals surface area contributed by atoms with Gasteiger partial charge in [0.25, 0.3) is 0 Å². The van der Waals surface area contributed by atoms with Gasteiger partial charge in [0.15, 0.2) is 0 Å². The van der Waals surface area contributed by atoms with E-state index in [2.05, 4.69) is 12.2 Å². The topological polar surface area (TPSA) is 49.3 Å². The third-order valence-corrected chi connectivity index (χ3v) is 4.95. The number of amides is 1. The van der Waals surface area contributed by atoms with E-state index in [0.29, 0.717) is 6.42 Å². The van der Waals surface area contributed by atoms with Crippen LogP contribution < -0.4 is 5.32 Å². The number of aliphatic hydroxyl groups excluding tert-OH is 1. The van der Waals surface area contributed by atoms with E-state index in [0.717, 1.165) is 36.1 Å². The van der Waals surface area contributed by atoms with Gasteiger partial charge in [-0.3, -0.25) is 4.79 Å². The van der Waals surface area contributed by atoms with Crippen LogP contribution in [0.15, 0.2) is 18.2 Å². The van der Waals surface area contributed by atoms with Gasteiger partial charge in [0.2, 0.25) is 5.91 Å². The molecule has 2 aliphatic rings. The molecule has 0 radical (unpaired) electrons. The fourth-order valence-electron chi connectivity index (χ4n) is 3.67. The fraction of sp³-hybridized carbons (Fsp3) is 0.562. The molecule has 3 rings (SSSR count). The number of anilines is 1. The molecule has 19 heavy (non-hydrogen) atoms. The number of hydrogen-bond donors (Lipinski definition) is 2. The van der Waals surface area contributed by atoms with Crippen LogP contribution in [-0.4, -0.2) is 11.0 Å². The van der Waals surface area contributed by atoms with Crippen molar-refractivity contribution in [1.82, 2.24) is 0 Å². The van der Waals surface area contributed by atoms with Crippen molar-refractivity contribution in [2.75, 3.05) is 5.32 Å². The molecule has 1 fully saturated rings. The monoisotopic (exact) mass is 259 g/mol. The van der Waals surface area contributed by atoms with E-state index in [1.165, 1.54) is 12.8 Å². The van der Waals surface area contributed by atoms with E-state index >= 15 is 0 Å². The molecule has 0 saturated heterocycles. The molecule has 102 valence electrons. The molecular formula is C16H21NO2. The molecule has 1 heterocycles. The highest BCUT2D eigenvalue weighted by Gasteiger charge is 2.39. The Hall–Kier alpha value is -1.35. The number of carbonyl (C=O) groups excluding carboxylic acids is 1. The Balaban J connectivity index is 1.90. The second-order valence-electron chi connectivity index (χ2n) is 5.97. The zero-order valence-corrected chi connectivity index (χ0v) is 11.4. The Morgan fingerprint density at radius 2 is 2.11 bits per heavy atom. The maximum absolute atomic E-state index is 11.4. The number of nitrogens with one attached hydrogen (secondary N) is 1. The number of benzene rings is 1. The summed E-state index contributed by atoms with van der Waals surface area (Å²) in [5.41, 5.74) is 2.94. The van der Waals surface area contributed by atoms with Gasteiger partial charge in [-0.1, -0.05) is 31.9 Å². The van der Waals surface area contributed by atoms with Crippen LogP contribution in [0.1, 0.15) is 56.3 Å². The average Bonchev–Trinajstić information content (AvgIpc) is 3.02. The molecule has 2 N–H and O–H groups in total. The molecule has 0 spiro atoms. The van der Waals surface area contributed by atoms with Gasteiger partial charge >= 0.3 is 0 Å². The van der Waals surface area contributed by atoms with Crippen LogP contribution in [0, 0.1) is 5.41 Å². The second-order valence-corrected chi connectivity index (χ2v) is 5.97. The van der Waals surface area contributed by atoms with Crippen molar-refractivity contribution in [2.45, 2.75) is 51.6 Å². The maximum atomic E-state index is 11.4. The Kier molecular flexibility index (Phi) is 3.09. The van der Waals surface area contributed by atoms with Crippen molar-refractivity contribution in [2.24, 2.45) is 5.41 Å². The van der Waals surface area contributed by atoms with Gasteiger partial charge in [-0.15, -0.1) is 0 Å². The Labute approximate surface area is 114 Å². The highest BCUT2D eigenvalue weighted by molar-refractivity contribution is 5.99. The first-order chi connectivity index (χ1) is 9.14. The number of aliphatic hydroxyl groups is 1. The number of hydrogen-bond acceptors (Lipinski definition) is 2. The van der Waals surface area contributed by atoms with Gasteiger partial charge in [0.1, 0.15) is 0 Å². The summed E-state index contributed by atoms with van der Waals surface area (Å²) in [6.45, 7) is 2.17. The van der Waals surface area contributed by atoms with Crippen LogP contribution in [0.2, 0.25) is 0 Å². The van der Waals surface area contributed by atoms with Gasteiger partial charge in [0.05, 0.1) is 12.5 Å². The first-order valence-corrected chi connectivity index (χ1v) is 7.25. The molecule has 1 aromatic rings. The second kappa shape index (κ2) is 4.64. The normalized spacial score (nSPS) is 22.1. The minimum absolute atomic E-state index is 0.0459. The predicted octanol–water partition coefficient (Wildman–Crippen LogP) is 3.19. The number of rotatable bonds is 3. The summed E-state index contributed by atoms with van der Waals surface area (Å²) < 4.78 is 0. The van der Waals surface area contributed by atoms with Gasteiger partial charge in [0, 0.05) is 11.1 Å².